The highest BCUT2D eigenvalue weighted by atomic mass is 79.9. The Bertz CT molecular complexity index is 542. The lowest BCUT2D eigenvalue weighted by Crippen LogP contribution is -2.12. The van der Waals surface area contributed by atoms with Crippen LogP contribution in [0.15, 0.2) is 56.7 Å². The Kier molecular flexibility index (Phi) is 5.76. The zero-order chi connectivity index (χ0) is 13.7. The van der Waals surface area contributed by atoms with Gasteiger partial charge in [0, 0.05) is 25.8 Å². The Hall–Kier alpha value is -0.480. The van der Waals surface area contributed by atoms with Crippen molar-refractivity contribution in [1.82, 2.24) is 5.32 Å². The number of halogens is 2. The summed E-state index contributed by atoms with van der Waals surface area (Å²) in [7, 11) is 0. The molecule has 0 saturated heterocycles. The number of hydrogen-bond acceptors (Lipinski definition) is 2. The van der Waals surface area contributed by atoms with E-state index < -0.39 is 0 Å². The molecule has 0 radical (unpaired) electrons. The van der Waals surface area contributed by atoms with E-state index in [1.807, 2.05) is 12.1 Å². The van der Waals surface area contributed by atoms with Crippen molar-refractivity contribution in [2.45, 2.75) is 23.3 Å². The molecule has 0 aliphatic carbocycles. The van der Waals surface area contributed by atoms with Gasteiger partial charge in [-0.1, -0.05) is 52.3 Å². The average molecular weight is 357 g/mol. The molecule has 0 saturated carbocycles. The van der Waals surface area contributed by atoms with E-state index in [0.29, 0.717) is 0 Å². The van der Waals surface area contributed by atoms with Gasteiger partial charge in [-0.3, -0.25) is 0 Å². The third-order valence-electron chi connectivity index (χ3n) is 2.67. The van der Waals surface area contributed by atoms with Gasteiger partial charge < -0.3 is 5.32 Å². The molecule has 100 valence electrons. The van der Waals surface area contributed by atoms with Crippen LogP contribution in [0.5, 0.6) is 0 Å². The lowest BCUT2D eigenvalue weighted by Gasteiger charge is -2.11. The summed E-state index contributed by atoms with van der Waals surface area (Å²) in [6.45, 7) is 3.83. The lowest BCUT2D eigenvalue weighted by atomic mass is 10.2. The van der Waals surface area contributed by atoms with Crippen LogP contribution in [-0.4, -0.2) is 6.54 Å². The second kappa shape index (κ2) is 7.34. The molecule has 4 heteroatoms. The fraction of sp³-hybridized carbons (Fsp3) is 0.200. The van der Waals surface area contributed by atoms with E-state index >= 15 is 0 Å². The smallest absolute Gasteiger partial charge is 0.0462 e. The van der Waals surface area contributed by atoms with Crippen LogP contribution < -0.4 is 5.32 Å². The van der Waals surface area contributed by atoms with E-state index in [1.54, 1.807) is 11.8 Å². The van der Waals surface area contributed by atoms with Crippen molar-refractivity contribution in [1.29, 1.82) is 0 Å². The van der Waals surface area contributed by atoms with Crippen molar-refractivity contribution in [2.75, 3.05) is 6.54 Å². The van der Waals surface area contributed by atoms with Crippen LogP contribution >= 0.6 is 39.3 Å². The van der Waals surface area contributed by atoms with Gasteiger partial charge in [0.1, 0.15) is 0 Å². The molecule has 0 unspecified atom stereocenters. The van der Waals surface area contributed by atoms with E-state index in [4.69, 9.17) is 11.6 Å². The van der Waals surface area contributed by atoms with Crippen molar-refractivity contribution in [3.63, 3.8) is 0 Å². The Morgan fingerprint density at radius 1 is 1.16 bits per heavy atom. The van der Waals surface area contributed by atoms with Gasteiger partial charge in [0.25, 0.3) is 0 Å². The molecule has 1 N–H and O–H groups in total. The van der Waals surface area contributed by atoms with E-state index in [9.17, 15) is 0 Å². The monoisotopic (exact) mass is 355 g/mol. The van der Waals surface area contributed by atoms with Gasteiger partial charge in [0.2, 0.25) is 0 Å². The Labute approximate surface area is 131 Å². The van der Waals surface area contributed by atoms with E-state index in [0.717, 1.165) is 22.6 Å². The second-order valence-electron chi connectivity index (χ2n) is 4.05. The molecule has 19 heavy (non-hydrogen) atoms. The second-order valence-corrected chi connectivity index (χ2v) is 6.49. The maximum atomic E-state index is 6.30. The molecule has 0 aliphatic heterocycles. The fourth-order valence-electron chi connectivity index (χ4n) is 1.69. The van der Waals surface area contributed by atoms with Crippen LogP contribution in [0.3, 0.4) is 0 Å². The lowest BCUT2D eigenvalue weighted by molar-refractivity contribution is 0.718. The number of rotatable bonds is 5. The van der Waals surface area contributed by atoms with Crippen LogP contribution in [0.1, 0.15) is 12.5 Å². The van der Waals surface area contributed by atoms with Crippen LogP contribution in [0.4, 0.5) is 0 Å². The minimum absolute atomic E-state index is 0.801. The molecule has 2 aromatic carbocycles. The third-order valence-corrected chi connectivity index (χ3v) is 4.66. The molecule has 0 amide bonds. The van der Waals surface area contributed by atoms with Crippen molar-refractivity contribution < 1.29 is 0 Å². The maximum Gasteiger partial charge on any atom is 0.0462 e. The van der Waals surface area contributed by atoms with Gasteiger partial charge >= 0.3 is 0 Å². The molecular weight excluding hydrogens is 342 g/mol. The number of nitrogens with one attached hydrogen (secondary N) is 1. The van der Waals surface area contributed by atoms with E-state index in [2.05, 4.69) is 58.5 Å². The molecule has 2 aromatic rings. The number of benzene rings is 2. The first-order valence-corrected chi connectivity index (χ1v) is 8.11. The summed E-state index contributed by atoms with van der Waals surface area (Å²) in [6.07, 6.45) is 0. The molecular formula is C15H15BrClNS. The topological polar surface area (TPSA) is 12.0 Å². The molecule has 0 atom stereocenters. The number of hydrogen-bond donors (Lipinski definition) is 1. The van der Waals surface area contributed by atoms with E-state index in [-0.39, 0.29) is 0 Å². The first-order valence-electron chi connectivity index (χ1n) is 6.12. The predicted molar refractivity (Wildman–Crippen MR) is 87.1 cm³/mol. The van der Waals surface area contributed by atoms with Gasteiger partial charge in [-0.25, -0.2) is 0 Å². The third kappa shape index (κ3) is 4.25. The standard InChI is InChI=1S/C15H15BrClNS/c1-2-18-10-13-14(17)4-3-5-15(13)19-12-8-6-11(16)7-9-12/h3-9,18H,2,10H2,1H3. The highest BCUT2D eigenvalue weighted by Crippen LogP contribution is 2.34. The Morgan fingerprint density at radius 2 is 1.89 bits per heavy atom. The zero-order valence-electron chi connectivity index (χ0n) is 10.6. The minimum atomic E-state index is 0.801. The quantitative estimate of drug-likeness (QED) is 0.773. The summed E-state index contributed by atoms with van der Waals surface area (Å²) >= 11 is 11.5. The summed E-state index contributed by atoms with van der Waals surface area (Å²) in [5.74, 6) is 0. The van der Waals surface area contributed by atoms with Crippen LogP contribution in [0.25, 0.3) is 0 Å². The Balaban J connectivity index is 2.23. The van der Waals surface area contributed by atoms with Crippen LogP contribution in [0.2, 0.25) is 5.02 Å². The Morgan fingerprint density at radius 3 is 2.58 bits per heavy atom. The van der Waals surface area contributed by atoms with Gasteiger partial charge in [0.05, 0.1) is 0 Å². The van der Waals surface area contributed by atoms with Gasteiger partial charge in [0.15, 0.2) is 0 Å². The first kappa shape index (κ1) is 14.9. The predicted octanol–water partition coefficient (Wildman–Crippen LogP) is 5.36. The van der Waals surface area contributed by atoms with Gasteiger partial charge in [-0.15, -0.1) is 0 Å². The summed E-state index contributed by atoms with van der Waals surface area (Å²) in [4.78, 5) is 2.42. The summed E-state index contributed by atoms with van der Waals surface area (Å²) in [5, 5.41) is 4.16. The van der Waals surface area contributed by atoms with Crippen molar-refractivity contribution in [3.05, 3.63) is 57.5 Å². The first-order chi connectivity index (χ1) is 9.20. The molecule has 1 nitrogen and oxygen atoms in total. The summed E-state index contributed by atoms with van der Waals surface area (Å²) < 4.78 is 1.09. The molecule has 0 aliphatic rings. The normalized spacial score (nSPS) is 10.7. The summed E-state index contributed by atoms with van der Waals surface area (Å²) in [5.41, 5.74) is 1.17. The molecule has 0 spiro atoms. The molecule has 0 fully saturated rings. The van der Waals surface area contributed by atoms with Gasteiger partial charge in [-0.2, -0.15) is 0 Å². The zero-order valence-corrected chi connectivity index (χ0v) is 13.8. The van der Waals surface area contributed by atoms with Crippen molar-refractivity contribution >= 4 is 39.3 Å². The average Bonchev–Trinajstić information content (AvgIpc) is 2.41. The molecule has 2 rings (SSSR count). The van der Waals surface area contributed by atoms with E-state index in [1.165, 1.54) is 15.4 Å². The van der Waals surface area contributed by atoms with Crippen LogP contribution in [-0.2, 0) is 6.54 Å². The van der Waals surface area contributed by atoms with Crippen molar-refractivity contribution in [2.24, 2.45) is 0 Å². The molecule has 0 heterocycles. The molecule has 0 bridgehead atoms. The highest BCUT2D eigenvalue weighted by Gasteiger charge is 2.08. The largest absolute Gasteiger partial charge is 0.313 e. The molecule has 0 aromatic heterocycles. The SMILES string of the molecule is CCNCc1c(Cl)cccc1Sc1ccc(Br)cc1. The fourth-order valence-corrected chi connectivity index (χ4v) is 3.23. The van der Waals surface area contributed by atoms with Crippen molar-refractivity contribution in [3.8, 4) is 0 Å². The maximum absolute atomic E-state index is 6.30. The summed E-state index contributed by atoms with van der Waals surface area (Å²) in [6, 6.07) is 14.4. The van der Waals surface area contributed by atoms with Crippen LogP contribution in [0, 0.1) is 0 Å². The van der Waals surface area contributed by atoms with Gasteiger partial charge in [-0.05, 0) is 48.5 Å². The minimum Gasteiger partial charge on any atom is -0.313 e. The highest BCUT2D eigenvalue weighted by molar-refractivity contribution is 9.10.